The molecule has 3 nitrogen and oxygen atoms in total. The Balaban J connectivity index is 3.68. The van der Waals surface area contributed by atoms with Gasteiger partial charge in [-0.05, 0) is 0 Å². The first-order valence-corrected chi connectivity index (χ1v) is 5.45. The number of hydrogen-bond acceptors (Lipinski definition) is 3. The van der Waals surface area contributed by atoms with E-state index in [1.165, 1.54) is 12.0 Å². The highest BCUT2D eigenvalue weighted by molar-refractivity contribution is 6.18. The normalized spacial score (nSPS) is 12.4. The number of hydrogen-bond donors (Lipinski definition) is 0. The Bertz CT molecular complexity index is 169. The highest BCUT2D eigenvalue weighted by atomic mass is 35.5. The van der Waals surface area contributed by atoms with Crippen LogP contribution in [-0.4, -0.2) is 63.5 Å². The predicted molar refractivity (Wildman–Crippen MR) is 55.9 cm³/mol. The van der Waals surface area contributed by atoms with Crippen LogP contribution in [0.15, 0.2) is 0 Å². The lowest BCUT2D eigenvalue weighted by atomic mass is 10.4. The number of halogens is 4. The lowest BCUT2D eigenvalue weighted by molar-refractivity contribution is -0.146. The fourth-order valence-corrected chi connectivity index (χ4v) is 1.32. The Labute approximate surface area is 98.4 Å². The molecule has 7 heteroatoms. The van der Waals surface area contributed by atoms with Crippen molar-refractivity contribution in [1.29, 1.82) is 0 Å². The number of nitrogens with zero attached hydrogens (tertiary/aromatic N) is 1. The van der Waals surface area contributed by atoms with E-state index in [9.17, 15) is 13.2 Å². The molecule has 0 rings (SSSR count). The molecule has 0 fully saturated rings. The lowest BCUT2D eigenvalue weighted by Gasteiger charge is -2.22. The lowest BCUT2D eigenvalue weighted by Crippen LogP contribution is -2.37. The largest absolute Gasteiger partial charge is 0.401 e. The summed E-state index contributed by atoms with van der Waals surface area (Å²) in [6, 6.07) is 0. The molecule has 0 saturated carbocycles. The standard InChI is InChI=1S/C9H17ClF3NO2/c1-15-6-7-16-5-4-14(3-2-10)8-9(11,12)13/h2-8H2,1H3. The van der Waals surface area contributed by atoms with Crippen molar-refractivity contribution in [3.05, 3.63) is 0 Å². The molecule has 0 saturated heterocycles. The molecule has 0 aliphatic carbocycles. The van der Waals surface area contributed by atoms with Crippen LogP contribution in [0, 0.1) is 0 Å². The van der Waals surface area contributed by atoms with Crippen molar-refractivity contribution >= 4 is 11.6 Å². The Morgan fingerprint density at radius 3 is 2.31 bits per heavy atom. The van der Waals surface area contributed by atoms with Crippen molar-refractivity contribution in [2.45, 2.75) is 6.18 Å². The second-order valence-electron chi connectivity index (χ2n) is 3.19. The summed E-state index contributed by atoms with van der Waals surface area (Å²) in [5.74, 6) is 0.175. The number of ether oxygens (including phenoxy) is 2. The van der Waals surface area contributed by atoms with Gasteiger partial charge in [-0.2, -0.15) is 13.2 Å². The van der Waals surface area contributed by atoms with Gasteiger partial charge in [0, 0.05) is 26.1 Å². The Kier molecular flexibility index (Phi) is 9.02. The van der Waals surface area contributed by atoms with E-state index in [1.54, 1.807) is 0 Å². The van der Waals surface area contributed by atoms with Crippen molar-refractivity contribution in [2.75, 3.05) is 52.4 Å². The first kappa shape index (κ1) is 16.0. The molecule has 0 heterocycles. The fourth-order valence-electron chi connectivity index (χ4n) is 1.08. The number of rotatable bonds is 9. The summed E-state index contributed by atoms with van der Waals surface area (Å²) >= 11 is 5.42. The molecule has 0 aliphatic heterocycles. The third-order valence-corrected chi connectivity index (χ3v) is 1.96. The Morgan fingerprint density at radius 1 is 1.12 bits per heavy atom. The van der Waals surface area contributed by atoms with E-state index in [0.717, 1.165) is 0 Å². The highest BCUT2D eigenvalue weighted by Crippen LogP contribution is 2.16. The van der Waals surface area contributed by atoms with Gasteiger partial charge in [0.25, 0.3) is 0 Å². The molecular formula is C9H17ClF3NO2. The first-order valence-electron chi connectivity index (χ1n) is 4.91. The topological polar surface area (TPSA) is 21.7 Å². The maximum atomic E-state index is 12.1. The van der Waals surface area contributed by atoms with Gasteiger partial charge in [0.1, 0.15) is 0 Å². The maximum absolute atomic E-state index is 12.1. The first-order chi connectivity index (χ1) is 7.49. The summed E-state index contributed by atoms with van der Waals surface area (Å²) in [7, 11) is 1.53. The Morgan fingerprint density at radius 2 is 1.81 bits per heavy atom. The third kappa shape index (κ3) is 10.5. The maximum Gasteiger partial charge on any atom is 0.401 e. The smallest absolute Gasteiger partial charge is 0.382 e. The zero-order valence-corrected chi connectivity index (χ0v) is 9.98. The van der Waals surface area contributed by atoms with Crippen LogP contribution < -0.4 is 0 Å². The van der Waals surface area contributed by atoms with Gasteiger partial charge in [-0.1, -0.05) is 0 Å². The van der Waals surface area contributed by atoms with Gasteiger partial charge in [-0.15, -0.1) is 11.6 Å². The van der Waals surface area contributed by atoms with Crippen molar-refractivity contribution in [2.24, 2.45) is 0 Å². The van der Waals surface area contributed by atoms with Crippen LogP contribution in [0.3, 0.4) is 0 Å². The van der Waals surface area contributed by atoms with Crippen LogP contribution in [0.1, 0.15) is 0 Å². The van der Waals surface area contributed by atoms with Crippen LogP contribution in [-0.2, 0) is 9.47 Å². The van der Waals surface area contributed by atoms with Gasteiger partial charge in [0.2, 0.25) is 0 Å². The van der Waals surface area contributed by atoms with Gasteiger partial charge in [-0.25, -0.2) is 0 Å². The minimum Gasteiger partial charge on any atom is -0.382 e. The molecule has 0 aromatic heterocycles. The second-order valence-corrected chi connectivity index (χ2v) is 3.56. The van der Waals surface area contributed by atoms with Gasteiger partial charge >= 0.3 is 6.18 Å². The summed E-state index contributed by atoms with van der Waals surface area (Å²) in [6.07, 6.45) is -4.20. The SMILES string of the molecule is COCCOCCN(CCCl)CC(F)(F)F. The molecule has 0 bridgehead atoms. The zero-order chi connectivity index (χ0) is 12.4. The summed E-state index contributed by atoms with van der Waals surface area (Å²) < 4.78 is 46.2. The second kappa shape index (κ2) is 9.04. The van der Waals surface area contributed by atoms with E-state index in [4.69, 9.17) is 21.1 Å². The molecule has 0 aromatic carbocycles. The summed E-state index contributed by atoms with van der Waals surface area (Å²) in [5.41, 5.74) is 0. The molecule has 0 radical (unpaired) electrons. The van der Waals surface area contributed by atoms with Gasteiger partial charge in [0.15, 0.2) is 0 Å². The molecule has 0 aromatic rings. The molecule has 0 N–H and O–H groups in total. The summed E-state index contributed by atoms with van der Waals surface area (Å²) in [6.45, 7) is 0.542. The molecule has 0 atom stereocenters. The van der Waals surface area contributed by atoms with Crippen LogP contribution >= 0.6 is 11.6 Å². The monoisotopic (exact) mass is 263 g/mol. The van der Waals surface area contributed by atoms with E-state index in [2.05, 4.69) is 0 Å². The number of methoxy groups -OCH3 is 1. The van der Waals surface area contributed by atoms with E-state index in [0.29, 0.717) is 13.2 Å². The van der Waals surface area contributed by atoms with Crippen LogP contribution in [0.2, 0.25) is 0 Å². The molecular weight excluding hydrogens is 247 g/mol. The molecule has 0 unspecified atom stereocenters. The van der Waals surface area contributed by atoms with Crippen LogP contribution in [0.4, 0.5) is 13.2 Å². The minimum atomic E-state index is -4.20. The van der Waals surface area contributed by atoms with Crippen molar-refractivity contribution in [3.63, 3.8) is 0 Å². The third-order valence-electron chi connectivity index (χ3n) is 1.79. The van der Waals surface area contributed by atoms with Crippen molar-refractivity contribution in [3.8, 4) is 0 Å². The average molecular weight is 264 g/mol. The highest BCUT2D eigenvalue weighted by Gasteiger charge is 2.30. The molecule has 98 valence electrons. The number of alkyl halides is 4. The molecule has 0 amide bonds. The van der Waals surface area contributed by atoms with Crippen LogP contribution in [0.5, 0.6) is 0 Å². The van der Waals surface area contributed by atoms with E-state index in [1.807, 2.05) is 0 Å². The molecule has 0 spiro atoms. The fraction of sp³-hybridized carbons (Fsp3) is 1.00. The average Bonchev–Trinajstić information content (AvgIpc) is 2.15. The van der Waals surface area contributed by atoms with E-state index in [-0.39, 0.29) is 25.6 Å². The summed E-state index contributed by atoms with van der Waals surface area (Å²) in [4.78, 5) is 1.22. The van der Waals surface area contributed by atoms with Crippen molar-refractivity contribution in [1.82, 2.24) is 4.90 Å². The minimum absolute atomic E-state index is 0.175. The van der Waals surface area contributed by atoms with Crippen molar-refractivity contribution < 1.29 is 22.6 Å². The molecule has 0 aliphatic rings. The van der Waals surface area contributed by atoms with Gasteiger partial charge in [0.05, 0.1) is 26.4 Å². The molecule has 16 heavy (non-hydrogen) atoms. The van der Waals surface area contributed by atoms with E-state index < -0.39 is 12.7 Å². The quantitative estimate of drug-likeness (QED) is 0.467. The van der Waals surface area contributed by atoms with Gasteiger partial charge < -0.3 is 9.47 Å². The predicted octanol–water partition coefficient (Wildman–Crippen LogP) is 1.75. The Hall–Kier alpha value is -0.0400. The van der Waals surface area contributed by atoms with Gasteiger partial charge in [-0.3, -0.25) is 4.90 Å². The van der Waals surface area contributed by atoms with E-state index >= 15 is 0 Å². The summed E-state index contributed by atoms with van der Waals surface area (Å²) in [5, 5.41) is 0. The zero-order valence-electron chi connectivity index (χ0n) is 9.23. The van der Waals surface area contributed by atoms with Crippen LogP contribution in [0.25, 0.3) is 0 Å².